The molecule has 10 atom stereocenters. The minimum absolute atomic E-state index is 0.0441. The summed E-state index contributed by atoms with van der Waals surface area (Å²) in [6.07, 6.45) is -7.73. The van der Waals surface area contributed by atoms with E-state index in [9.17, 15) is 20.4 Å². The molecule has 2 rings (SSSR count). The van der Waals surface area contributed by atoms with Gasteiger partial charge in [-0.2, -0.15) is 16.8 Å². The average Bonchev–Trinajstić information content (AvgIpc) is 2.60. The highest BCUT2D eigenvalue weighted by Gasteiger charge is 2.47. The quantitative estimate of drug-likeness (QED) is 0.154. The number of hydrogen-bond donors (Lipinski definition) is 12. The summed E-state index contributed by atoms with van der Waals surface area (Å²) < 4.78 is 74.2. The molecular weight excluding hydrogens is 488 g/mol. The second kappa shape index (κ2) is 12.7. The first kappa shape index (κ1) is 31.3. The molecule has 1 aliphatic heterocycles. The van der Waals surface area contributed by atoms with E-state index in [0.29, 0.717) is 0 Å². The molecule has 18 nitrogen and oxygen atoms in total. The van der Waals surface area contributed by atoms with E-state index in [2.05, 4.69) is 0 Å². The van der Waals surface area contributed by atoms with Gasteiger partial charge in [-0.25, -0.2) is 0 Å². The maximum atomic E-state index is 10.1. The van der Waals surface area contributed by atoms with Crippen LogP contribution in [0.4, 0.5) is 0 Å². The third-order valence-corrected chi connectivity index (χ3v) is 4.36. The molecule has 1 saturated heterocycles. The van der Waals surface area contributed by atoms with Gasteiger partial charge in [-0.15, -0.1) is 0 Å². The highest BCUT2D eigenvalue weighted by molar-refractivity contribution is 7.80. The van der Waals surface area contributed by atoms with Gasteiger partial charge in [0, 0.05) is 18.6 Å². The Kier molecular flexibility index (Phi) is 12.4. The zero-order chi connectivity index (χ0) is 25.6. The van der Waals surface area contributed by atoms with Crippen LogP contribution in [0.15, 0.2) is 0 Å². The molecule has 2 fully saturated rings. The van der Waals surface area contributed by atoms with Crippen molar-refractivity contribution in [2.24, 2.45) is 22.9 Å². The van der Waals surface area contributed by atoms with Crippen LogP contribution in [0.3, 0.4) is 0 Å². The standard InChI is InChI=1S/C12H26N4O6.2H2O4S/c13-2-5-8(18)9(19)6(16)12(21-5)22-11-4(15)1-3(14)7(17)10(11)20;2*1-5(2,3)4/h3-12,17-20H,1-2,13-16H2;2*(H2,1,2,3,4)/t3-,4+,5-,6-,7+,8+,9+,10-,11-,12-;;/m1../s1. The molecule has 1 heterocycles. The number of rotatable bonds is 3. The fourth-order valence-electron chi connectivity index (χ4n) is 2.89. The molecule has 16 N–H and O–H groups in total. The molecule has 194 valence electrons. The van der Waals surface area contributed by atoms with Crippen molar-refractivity contribution >= 4 is 20.8 Å². The van der Waals surface area contributed by atoms with Crippen LogP contribution in [0.5, 0.6) is 0 Å². The van der Waals surface area contributed by atoms with Gasteiger partial charge >= 0.3 is 20.8 Å². The van der Waals surface area contributed by atoms with Crippen LogP contribution < -0.4 is 22.9 Å². The second-order valence-corrected chi connectivity index (χ2v) is 8.67. The Morgan fingerprint density at radius 3 is 1.62 bits per heavy atom. The largest absolute Gasteiger partial charge is 0.394 e. The molecule has 20 heteroatoms. The van der Waals surface area contributed by atoms with Crippen molar-refractivity contribution in [3.63, 3.8) is 0 Å². The Morgan fingerprint density at radius 1 is 0.781 bits per heavy atom. The van der Waals surface area contributed by atoms with Crippen molar-refractivity contribution in [3.05, 3.63) is 0 Å². The van der Waals surface area contributed by atoms with Crippen LogP contribution in [0.2, 0.25) is 0 Å². The summed E-state index contributed by atoms with van der Waals surface area (Å²) in [5.41, 5.74) is 22.8. The van der Waals surface area contributed by atoms with Gasteiger partial charge < -0.3 is 52.8 Å². The Hall–Kier alpha value is -0.660. The van der Waals surface area contributed by atoms with Crippen LogP contribution >= 0.6 is 0 Å². The lowest BCUT2D eigenvalue weighted by molar-refractivity contribution is -0.287. The fourth-order valence-corrected chi connectivity index (χ4v) is 2.89. The van der Waals surface area contributed by atoms with Gasteiger partial charge in [-0.1, -0.05) is 0 Å². The van der Waals surface area contributed by atoms with Crippen molar-refractivity contribution < 1.29 is 64.9 Å². The lowest BCUT2D eigenvalue weighted by Crippen LogP contribution is -2.67. The van der Waals surface area contributed by atoms with E-state index in [1.165, 1.54) is 0 Å². The van der Waals surface area contributed by atoms with Gasteiger partial charge in [0.2, 0.25) is 0 Å². The number of aliphatic hydroxyl groups is 4. The van der Waals surface area contributed by atoms with Crippen LogP contribution in [-0.4, -0.2) is 123 Å². The molecule has 0 spiro atoms. The summed E-state index contributed by atoms with van der Waals surface area (Å²) in [5.74, 6) is 0. The molecular formula is C12H30N4O14S2. The first-order valence-electron chi connectivity index (χ1n) is 8.67. The predicted octanol–water partition coefficient (Wildman–Crippen LogP) is -6.42. The smallest absolute Gasteiger partial charge is 0.389 e. The van der Waals surface area contributed by atoms with Crippen molar-refractivity contribution in [2.75, 3.05) is 6.54 Å². The second-order valence-electron chi connectivity index (χ2n) is 6.88. The van der Waals surface area contributed by atoms with E-state index in [1.807, 2.05) is 0 Å². The third kappa shape index (κ3) is 11.5. The summed E-state index contributed by atoms with van der Waals surface area (Å²) in [6, 6.07) is -2.34. The summed E-state index contributed by atoms with van der Waals surface area (Å²) in [5, 5.41) is 39.6. The molecule has 0 bridgehead atoms. The van der Waals surface area contributed by atoms with Crippen molar-refractivity contribution in [1.82, 2.24) is 0 Å². The first-order valence-corrected chi connectivity index (χ1v) is 11.5. The lowest BCUT2D eigenvalue weighted by atomic mass is 9.84. The maximum Gasteiger partial charge on any atom is 0.394 e. The number of nitrogens with two attached hydrogens (primary N) is 4. The Bertz CT molecular complexity index is 722. The van der Waals surface area contributed by atoms with E-state index in [0.717, 1.165) is 0 Å². The molecule has 0 aromatic carbocycles. The third-order valence-electron chi connectivity index (χ3n) is 4.36. The van der Waals surface area contributed by atoms with Gasteiger partial charge in [0.15, 0.2) is 6.29 Å². The molecule has 1 aliphatic carbocycles. The SMILES string of the molecule is NC[C@H]1O[C@H](O[C@H]2[C@H](O)[C@@H](O)[C@H](N)C[C@@H]2N)[C@H](N)[C@H](O)[C@H]1O.O=S(=O)(O)O.O=S(=O)(O)O. The lowest BCUT2D eigenvalue weighted by Gasteiger charge is -2.45. The molecule has 0 amide bonds. The molecule has 32 heavy (non-hydrogen) atoms. The number of aliphatic hydroxyl groups excluding tert-OH is 4. The molecule has 1 saturated carbocycles. The van der Waals surface area contributed by atoms with Crippen molar-refractivity contribution in [3.8, 4) is 0 Å². The minimum Gasteiger partial charge on any atom is -0.389 e. The van der Waals surface area contributed by atoms with Crippen LogP contribution in [-0.2, 0) is 30.3 Å². The maximum absolute atomic E-state index is 10.1. The predicted molar refractivity (Wildman–Crippen MR) is 104 cm³/mol. The summed E-state index contributed by atoms with van der Waals surface area (Å²) >= 11 is 0. The van der Waals surface area contributed by atoms with Crippen LogP contribution in [0, 0.1) is 0 Å². The molecule has 0 unspecified atom stereocenters. The monoisotopic (exact) mass is 518 g/mol. The van der Waals surface area contributed by atoms with Crippen molar-refractivity contribution in [1.29, 1.82) is 0 Å². The first-order chi connectivity index (χ1) is 14.3. The van der Waals surface area contributed by atoms with E-state index < -0.39 is 81.8 Å². The fraction of sp³-hybridized carbons (Fsp3) is 1.00. The Morgan fingerprint density at radius 2 is 1.22 bits per heavy atom. The van der Waals surface area contributed by atoms with E-state index in [-0.39, 0.29) is 13.0 Å². The highest BCUT2D eigenvalue weighted by atomic mass is 32.3. The zero-order valence-electron chi connectivity index (χ0n) is 16.3. The minimum atomic E-state index is -4.67. The van der Waals surface area contributed by atoms with Crippen LogP contribution in [0.25, 0.3) is 0 Å². The summed E-state index contributed by atoms with van der Waals surface area (Å²) in [7, 11) is -9.33. The van der Waals surface area contributed by atoms with Gasteiger partial charge in [0.25, 0.3) is 0 Å². The molecule has 0 radical (unpaired) electrons. The Labute approximate surface area is 183 Å². The zero-order valence-corrected chi connectivity index (χ0v) is 18.0. The van der Waals surface area contributed by atoms with E-state index in [4.69, 9.17) is 67.5 Å². The highest BCUT2D eigenvalue weighted by Crippen LogP contribution is 2.26. The van der Waals surface area contributed by atoms with Gasteiger partial charge in [-0.05, 0) is 6.42 Å². The van der Waals surface area contributed by atoms with Crippen molar-refractivity contribution in [2.45, 2.75) is 67.5 Å². The van der Waals surface area contributed by atoms with E-state index in [1.54, 1.807) is 0 Å². The molecule has 0 aromatic rings. The molecule has 0 aromatic heterocycles. The normalized spacial score (nSPS) is 40.4. The average molecular weight is 519 g/mol. The Balaban J connectivity index is 0.000000805. The summed E-state index contributed by atoms with van der Waals surface area (Å²) in [4.78, 5) is 0. The number of ether oxygens (including phenoxy) is 2. The van der Waals surface area contributed by atoms with Gasteiger partial charge in [0.1, 0.15) is 30.5 Å². The summed E-state index contributed by atoms with van der Waals surface area (Å²) in [6.45, 7) is -0.0441. The van der Waals surface area contributed by atoms with E-state index >= 15 is 0 Å². The molecule has 2 aliphatic rings. The van der Waals surface area contributed by atoms with Crippen LogP contribution in [0.1, 0.15) is 6.42 Å². The topological polar surface area (TPSA) is 353 Å². The number of hydrogen-bond acceptors (Lipinski definition) is 14. The van der Waals surface area contributed by atoms with Gasteiger partial charge in [-0.3, -0.25) is 18.2 Å². The van der Waals surface area contributed by atoms with Gasteiger partial charge in [0.05, 0.1) is 12.1 Å².